The van der Waals surface area contributed by atoms with E-state index in [0.29, 0.717) is 18.6 Å². The van der Waals surface area contributed by atoms with Crippen molar-refractivity contribution in [3.05, 3.63) is 34.9 Å². The number of nitrogens with one attached hydrogen (secondary N) is 1. The number of hydrogen-bond acceptors (Lipinski definition) is 2. The molecule has 0 bridgehead atoms. The molecule has 0 spiro atoms. The molecule has 3 N–H and O–H groups in total. The lowest BCUT2D eigenvalue weighted by Gasteiger charge is -2.29. The smallest absolute Gasteiger partial charge is 0.0449 e. The highest BCUT2D eigenvalue weighted by atomic mass is 15.0. The molecule has 18 heavy (non-hydrogen) atoms. The normalized spacial score (nSPS) is 18.8. The fraction of sp³-hybridized carbons (Fsp3) is 0.625. The Morgan fingerprint density at radius 3 is 2.61 bits per heavy atom. The molecule has 2 rings (SSSR count). The van der Waals surface area contributed by atoms with Crippen LogP contribution in [0.1, 0.15) is 54.8 Å². The predicted octanol–water partition coefficient (Wildman–Crippen LogP) is 3.23. The quantitative estimate of drug-likeness (QED) is 0.856. The van der Waals surface area contributed by atoms with Crippen molar-refractivity contribution in [2.24, 2.45) is 5.73 Å². The lowest BCUT2D eigenvalue weighted by atomic mass is 9.92. The fourth-order valence-corrected chi connectivity index (χ4v) is 2.99. The van der Waals surface area contributed by atoms with Gasteiger partial charge in [-0.1, -0.05) is 37.5 Å². The van der Waals surface area contributed by atoms with Crippen molar-refractivity contribution in [3.63, 3.8) is 0 Å². The van der Waals surface area contributed by atoms with Gasteiger partial charge in [-0.25, -0.2) is 0 Å². The van der Waals surface area contributed by atoms with Crippen molar-refractivity contribution in [3.8, 4) is 0 Å². The summed E-state index contributed by atoms with van der Waals surface area (Å²) < 4.78 is 0. The summed E-state index contributed by atoms with van der Waals surface area (Å²) in [4.78, 5) is 0. The van der Waals surface area contributed by atoms with Gasteiger partial charge in [-0.05, 0) is 43.4 Å². The minimum absolute atomic E-state index is 0.313. The topological polar surface area (TPSA) is 38.0 Å². The first-order valence-electron chi connectivity index (χ1n) is 7.24. The van der Waals surface area contributed by atoms with Crippen LogP contribution in [0.5, 0.6) is 0 Å². The van der Waals surface area contributed by atoms with E-state index in [1.54, 1.807) is 0 Å². The SMILES string of the molecule is Cc1cccc(C(CN)NC2CCCCC2)c1C. The van der Waals surface area contributed by atoms with E-state index in [0.717, 1.165) is 0 Å². The van der Waals surface area contributed by atoms with E-state index >= 15 is 0 Å². The van der Waals surface area contributed by atoms with E-state index in [9.17, 15) is 0 Å². The van der Waals surface area contributed by atoms with Gasteiger partial charge in [-0.2, -0.15) is 0 Å². The highest BCUT2D eigenvalue weighted by Gasteiger charge is 2.19. The van der Waals surface area contributed by atoms with Crippen molar-refractivity contribution in [2.75, 3.05) is 6.54 Å². The van der Waals surface area contributed by atoms with Crippen LogP contribution in [0.2, 0.25) is 0 Å². The van der Waals surface area contributed by atoms with Gasteiger partial charge in [0.2, 0.25) is 0 Å². The van der Waals surface area contributed by atoms with Crippen LogP contribution in [0.4, 0.5) is 0 Å². The Balaban J connectivity index is 2.09. The summed E-state index contributed by atoms with van der Waals surface area (Å²) >= 11 is 0. The molecular formula is C16H26N2. The van der Waals surface area contributed by atoms with Crippen molar-refractivity contribution >= 4 is 0 Å². The Morgan fingerprint density at radius 2 is 1.94 bits per heavy atom. The Kier molecular flexibility index (Phi) is 4.79. The van der Waals surface area contributed by atoms with Gasteiger partial charge < -0.3 is 11.1 Å². The van der Waals surface area contributed by atoms with E-state index in [4.69, 9.17) is 5.73 Å². The molecule has 0 aliphatic heterocycles. The van der Waals surface area contributed by atoms with Crippen LogP contribution in [-0.2, 0) is 0 Å². The maximum Gasteiger partial charge on any atom is 0.0449 e. The molecule has 0 radical (unpaired) electrons. The minimum Gasteiger partial charge on any atom is -0.329 e. The van der Waals surface area contributed by atoms with Crippen LogP contribution >= 0.6 is 0 Å². The molecule has 1 saturated carbocycles. The number of benzene rings is 1. The van der Waals surface area contributed by atoms with Crippen molar-refractivity contribution in [1.82, 2.24) is 5.32 Å². The molecule has 0 heterocycles. The van der Waals surface area contributed by atoms with Gasteiger partial charge >= 0.3 is 0 Å². The summed E-state index contributed by atoms with van der Waals surface area (Å²) in [5.41, 5.74) is 10.1. The molecule has 1 aliphatic rings. The molecule has 1 atom stereocenters. The minimum atomic E-state index is 0.313. The van der Waals surface area contributed by atoms with Gasteiger partial charge in [-0.3, -0.25) is 0 Å². The van der Waals surface area contributed by atoms with Gasteiger partial charge in [-0.15, -0.1) is 0 Å². The summed E-state index contributed by atoms with van der Waals surface area (Å²) in [6.45, 7) is 5.06. The molecule has 0 amide bonds. The second-order valence-electron chi connectivity index (χ2n) is 5.58. The van der Waals surface area contributed by atoms with Gasteiger partial charge in [0.25, 0.3) is 0 Å². The third-order valence-electron chi connectivity index (χ3n) is 4.30. The average Bonchev–Trinajstić information content (AvgIpc) is 2.41. The second kappa shape index (κ2) is 6.35. The van der Waals surface area contributed by atoms with E-state index in [2.05, 4.69) is 37.4 Å². The van der Waals surface area contributed by atoms with Crippen molar-refractivity contribution in [1.29, 1.82) is 0 Å². The third-order valence-corrected chi connectivity index (χ3v) is 4.30. The number of nitrogens with two attached hydrogens (primary N) is 1. The zero-order valence-corrected chi connectivity index (χ0v) is 11.7. The van der Waals surface area contributed by atoms with Crippen LogP contribution < -0.4 is 11.1 Å². The standard InChI is InChI=1S/C16H26N2/c1-12-7-6-10-15(13(12)2)16(11-17)18-14-8-4-3-5-9-14/h6-7,10,14,16,18H,3-5,8-9,11,17H2,1-2H3. The highest BCUT2D eigenvalue weighted by Crippen LogP contribution is 2.24. The lowest BCUT2D eigenvalue weighted by Crippen LogP contribution is -2.38. The van der Waals surface area contributed by atoms with E-state index < -0.39 is 0 Å². The molecule has 1 fully saturated rings. The molecule has 0 aromatic heterocycles. The van der Waals surface area contributed by atoms with Gasteiger partial charge in [0.15, 0.2) is 0 Å². The highest BCUT2D eigenvalue weighted by molar-refractivity contribution is 5.35. The molecule has 2 nitrogen and oxygen atoms in total. The monoisotopic (exact) mass is 246 g/mol. The number of hydrogen-bond donors (Lipinski definition) is 2. The number of aryl methyl sites for hydroxylation is 1. The molecule has 1 aromatic carbocycles. The maximum absolute atomic E-state index is 5.98. The Bertz CT molecular complexity index is 381. The molecule has 100 valence electrons. The zero-order chi connectivity index (χ0) is 13.0. The van der Waals surface area contributed by atoms with Gasteiger partial charge in [0.1, 0.15) is 0 Å². The summed E-state index contributed by atoms with van der Waals surface area (Å²) in [7, 11) is 0. The van der Waals surface area contributed by atoms with Crippen LogP contribution in [0.3, 0.4) is 0 Å². The summed E-state index contributed by atoms with van der Waals surface area (Å²) in [6.07, 6.45) is 6.74. The first-order valence-corrected chi connectivity index (χ1v) is 7.24. The van der Waals surface area contributed by atoms with E-state index in [-0.39, 0.29) is 0 Å². The van der Waals surface area contributed by atoms with E-state index in [1.165, 1.54) is 48.8 Å². The molecule has 1 unspecified atom stereocenters. The lowest BCUT2D eigenvalue weighted by molar-refractivity contribution is 0.340. The largest absolute Gasteiger partial charge is 0.329 e. The van der Waals surface area contributed by atoms with Gasteiger partial charge in [0, 0.05) is 18.6 Å². The first-order chi connectivity index (χ1) is 8.72. The number of rotatable bonds is 4. The van der Waals surface area contributed by atoms with Crippen LogP contribution in [0, 0.1) is 13.8 Å². The Morgan fingerprint density at radius 1 is 1.22 bits per heavy atom. The van der Waals surface area contributed by atoms with Crippen molar-refractivity contribution in [2.45, 2.75) is 58.0 Å². The second-order valence-corrected chi connectivity index (χ2v) is 5.58. The Labute approximate surface area is 111 Å². The van der Waals surface area contributed by atoms with Gasteiger partial charge in [0.05, 0.1) is 0 Å². The third kappa shape index (κ3) is 3.12. The fourth-order valence-electron chi connectivity index (χ4n) is 2.99. The molecular weight excluding hydrogens is 220 g/mol. The molecule has 1 aromatic rings. The summed E-state index contributed by atoms with van der Waals surface area (Å²) in [5.74, 6) is 0. The summed E-state index contributed by atoms with van der Waals surface area (Å²) in [6, 6.07) is 7.51. The van der Waals surface area contributed by atoms with E-state index in [1.807, 2.05) is 0 Å². The Hall–Kier alpha value is -0.860. The van der Waals surface area contributed by atoms with Crippen LogP contribution in [-0.4, -0.2) is 12.6 Å². The zero-order valence-electron chi connectivity index (χ0n) is 11.7. The molecule has 2 heteroatoms. The molecule has 0 saturated heterocycles. The average molecular weight is 246 g/mol. The van der Waals surface area contributed by atoms with Crippen LogP contribution in [0.15, 0.2) is 18.2 Å². The first kappa shape index (κ1) is 13.6. The maximum atomic E-state index is 5.98. The summed E-state index contributed by atoms with van der Waals surface area (Å²) in [5, 5.41) is 3.76. The molecule has 1 aliphatic carbocycles. The predicted molar refractivity (Wildman–Crippen MR) is 77.7 cm³/mol. The van der Waals surface area contributed by atoms with Crippen LogP contribution in [0.25, 0.3) is 0 Å². The van der Waals surface area contributed by atoms with Crippen molar-refractivity contribution < 1.29 is 0 Å².